The van der Waals surface area contributed by atoms with Crippen LogP contribution >= 0.6 is 0 Å². The maximum Gasteiger partial charge on any atom is 0.206 e. The molecule has 0 spiro atoms. The molecular formula is C12H7NO3. The fraction of sp³-hybridized carbons (Fsp3) is 0. The lowest BCUT2D eigenvalue weighted by atomic mass is 9.93. The molecule has 1 aliphatic rings. The number of nitrogens with zero attached hydrogens (tertiary/aromatic N) is 1. The highest BCUT2D eigenvalue weighted by molar-refractivity contribution is 6.36. The van der Waals surface area contributed by atoms with Crippen LogP contribution in [0.2, 0.25) is 0 Å². The largest absolute Gasteiger partial charge is 0.507 e. The Hall–Kier alpha value is -2.36. The third-order valence-electron chi connectivity index (χ3n) is 2.28. The van der Waals surface area contributed by atoms with Crippen molar-refractivity contribution in [1.29, 1.82) is 0 Å². The van der Waals surface area contributed by atoms with Gasteiger partial charge in [-0.1, -0.05) is 18.2 Å². The number of rotatable bonds is 1. The molecule has 4 heteroatoms. The Balaban J connectivity index is 2.64. The zero-order chi connectivity index (χ0) is 11.7. The van der Waals surface area contributed by atoms with E-state index in [9.17, 15) is 20.4 Å². The van der Waals surface area contributed by atoms with Gasteiger partial charge >= 0.3 is 0 Å². The summed E-state index contributed by atoms with van der Waals surface area (Å²) in [4.78, 5) is 22.7. The van der Waals surface area contributed by atoms with E-state index in [1.807, 2.05) is 0 Å². The van der Waals surface area contributed by atoms with E-state index in [4.69, 9.17) is 0 Å². The van der Waals surface area contributed by atoms with Crippen molar-refractivity contribution in [3.63, 3.8) is 0 Å². The number of allylic oxidation sites excluding steroid dienone is 3. The number of ketones is 2. The molecule has 0 atom stereocenters. The molecule has 0 amide bonds. The molecule has 0 aromatic heterocycles. The van der Waals surface area contributed by atoms with Crippen LogP contribution in [-0.4, -0.2) is 16.7 Å². The normalized spacial score (nSPS) is 15.8. The summed E-state index contributed by atoms with van der Waals surface area (Å²) in [6.45, 7) is 0. The molecule has 16 heavy (non-hydrogen) atoms. The van der Waals surface area contributed by atoms with Crippen molar-refractivity contribution in [2.75, 3.05) is 0 Å². The van der Waals surface area contributed by atoms with E-state index in [0.717, 1.165) is 12.2 Å². The summed E-state index contributed by atoms with van der Waals surface area (Å²) >= 11 is 0. The van der Waals surface area contributed by atoms with Crippen LogP contribution in [0.5, 0.6) is 5.75 Å². The van der Waals surface area contributed by atoms with E-state index >= 15 is 0 Å². The lowest BCUT2D eigenvalue weighted by Crippen LogP contribution is -2.14. The predicted octanol–water partition coefficient (Wildman–Crippen LogP) is 0.880. The van der Waals surface area contributed by atoms with Gasteiger partial charge in [0.25, 0.3) is 0 Å². The molecule has 0 aliphatic heterocycles. The van der Waals surface area contributed by atoms with Crippen molar-refractivity contribution in [3.8, 4) is 5.75 Å². The molecule has 78 valence electrons. The van der Waals surface area contributed by atoms with Crippen molar-refractivity contribution >= 4 is 17.1 Å². The van der Waals surface area contributed by atoms with Gasteiger partial charge in [0.05, 0.1) is 5.57 Å². The van der Waals surface area contributed by atoms with Crippen LogP contribution < -0.4 is 5.73 Å². The summed E-state index contributed by atoms with van der Waals surface area (Å²) in [5.41, 5.74) is 8.90. The third kappa shape index (κ3) is 1.50. The van der Waals surface area contributed by atoms with E-state index in [2.05, 4.69) is 0 Å². The van der Waals surface area contributed by atoms with Crippen LogP contribution in [0.3, 0.4) is 0 Å². The van der Waals surface area contributed by atoms with E-state index in [1.165, 1.54) is 12.1 Å². The summed E-state index contributed by atoms with van der Waals surface area (Å²) in [5, 5.41) is 9.55. The summed E-state index contributed by atoms with van der Waals surface area (Å²) < 4.78 is 0. The Morgan fingerprint density at radius 1 is 1.00 bits per heavy atom. The number of para-hydroxylation sites is 1. The molecule has 1 aliphatic carbocycles. The highest BCUT2D eigenvalue weighted by Crippen LogP contribution is 2.29. The quantitative estimate of drug-likeness (QED) is 0.703. The van der Waals surface area contributed by atoms with Crippen LogP contribution in [0.1, 0.15) is 5.56 Å². The SMILES string of the molecule is [N]C1=C(c2ccccc2O)C(=O)C=CC1=O. The molecule has 2 radical (unpaired) electrons. The Bertz CT molecular complexity index is 541. The fourth-order valence-corrected chi connectivity index (χ4v) is 1.50. The van der Waals surface area contributed by atoms with Gasteiger partial charge in [-0.25, -0.2) is 0 Å². The van der Waals surface area contributed by atoms with E-state index in [-0.39, 0.29) is 16.9 Å². The molecule has 0 bridgehead atoms. The van der Waals surface area contributed by atoms with Crippen molar-refractivity contribution in [2.24, 2.45) is 0 Å². The lowest BCUT2D eigenvalue weighted by Gasteiger charge is -2.10. The zero-order valence-corrected chi connectivity index (χ0v) is 8.18. The first-order valence-electron chi connectivity index (χ1n) is 4.59. The van der Waals surface area contributed by atoms with Gasteiger partial charge in [0.2, 0.25) is 5.78 Å². The maximum atomic E-state index is 11.5. The Labute approximate surface area is 91.7 Å². The maximum absolute atomic E-state index is 11.5. The van der Waals surface area contributed by atoms with Crippen molar-refractivity contribution < 1.29 is 14.7 Å². The number of hydrogen-bond donors (Lipinski definition) is 1. The number of benzene rings is 1. The molecular weight excluding hydrogens is 206 g/mol. The number of aromatic hydroxyl groups is 1. The highest BCUT2D eigenvalue weighted by Gasteiger charge is 2.24. The molecule has 0 saturated carbocycles. The van der Waals surface area contributed by atoms with Gasteiger partial charge in [0.1, 0.15) is 11.4 Å². The van der Waals surface area contributed by atoms with Crippen LogP contribution in [0, 0.1) is 0 Å². The van der Waals surface area contributed by atoms with Crippen LogP contribution in [-0.2, 0) is 9.59 Å². The minimum atomic E-state index is -0.641. The first-order chi connectivity index (χ1) is 7.61. The van der Waals surface area contributed by atoms with Gasteiger partial charge in [0.15, 0.2) is 5.78 Å². The molecule has 0 heterocycles. The van der Waals surface area contributed by atoms with Crippen LogP contribution in [0.4, 0.5) is 0 Å². The second-order valence-corrected chi connectivity index (χ2v) is 3.30. The third-order valence-corrected chi connectivity index (χ3v) is 2.28. The first kappa shape index (κ1) is 10.2. The summed E-state index contributed by atoms with van der Waals surface area (Å²) in [5.74, 6) is -1.29. The van der Waals surface area contributed by atoms with Crippen LogP contribution in [0.15, 0.2) is 42.1 Å². The number of carbonyl (C=O) groups excluding carboxylic acids is 2. The zero-order valence-electron chi connectivity index (χ0n) is 8.18. The number of hydrogen-bond acceptors (Lipinski definition) is 3. The standard InChI is InChI=1S/C12H7NO3/c13-12-10(16)6-5-9(15)11(12)7-3-1-2-4-8(7)14/h1-6,14H. The number of phenolic OH excluding ortho intramolecular Hbond substituents is 1. The Kier molecular flexibility index (Phi) is 2.32. The number of carbonyl (C=O) groups is 2. The average molecular weight is 213 g/mol. The van der Waals surface area contributed by atoms with E-state index in [1.54, 1.807) is 12.1 Å². The minimum absolute atomic E-state index is 0.152. The molecule has 0 unspecified atom stereocenters. The van der Waals surface area contributed by atoms with Gasteiger partial charge in [-0.15, -0.1) is 5.73 Å². The van der Waals surface area contributed by atoms with Gasteiger partial charge < -0.3 is 5.11 Å². The second-order valence-electron chi connectivity index (χ2n) is 3.30. The second kappa shape index (κ2) is 3.66. The minimum Gasteiger partial charge on any atom is -0.507 e. The predicted molar refractivity (Wildman–Crippen MR) is 56.3 cm³/mol. The van der Waals surface area contributed by atoms with Crippen molar-refractivity contribution in [2.45, 2.75) is 0 Å². The van der Waals surface area contributed by atoms with Gasteiger partial charge in [-0.2, -0.15) is 0 Å². The monoisotopic (exact) mass is 213 g/mol. The Morgan fingerprint density at radius 3 is 2.31 bits per heavy atom. The smallest absolute Gasteiger partial charge is 0.206 e. The topological polar surface area (TPSA) is 76.7 Å². The van der Waals surface area contributed by atoms with E-state index < -0.39 is 17.3 Å². The average Bonchev–Trinajstić information content (AvgIpc) is 2.27. The molecule has 1 N–H and O–H groups in total. The first-order valence-corrected chi connectivity index (χ1v) is 4.59. The van der Waals surface area contributed by atoms with Gasteiger partial charge in [0, 0.05) is 5.56 Å². The lowest BCUT2D eigenvalue weighted by molar-refractivity contribution is -0.114. The van der Waals surface area contributed by atoms with Crippen molar-refractivity contribution in [3.05, 3.63) is 47.7 Å². The molecule has 0 fully saturated rings. The molecule has 4 nitrogen and oxygen atoms in total. The molecule has 1 aromatic carbocycles. The summed E-state index contributed by atoms with van der Waals surface area (Å²) in [6.07, 6.45) is 2.07. The Morgan fingerprint density at radius 2 is 1.62 bits per heavy atom. The van der Waals surface area contributed by atoms with Gasteiger partial charge in [-0.05, 0) is 18.2 Å². The fourth-order valence-electron chi connectivity index (χ4n) is 1.50. The van der Waals surface area contributed by atoms with Crippen LogP contribution in [0.25, 0.3) is 5.57 Å². The number of phenols is 1. The highest BCUT2D eigenvalue weighted by atomic mass is 16.3. The van der Waals surface area contributed by atoms with Crippen molar-refractivity contribution in [1.82, 2.24) is 5.73 Å². The molecule has 1 aromatic rings. The molecule has 0 saturated heterocycles. The van der Waals surface area contributed by atoms with Gasteiger partial charge in [-0.3, -0.25) is 9.59 Å². The molecule has 2 rings (SSSR count). The summed E-state index contributed by atoms with van der Waals surface area (Å²) in [6, 6.07) is 6.03. The van der Waals surface area contributed by atoms with E-state index in [0.29, 0.717) is 0 Å². The summed E-state index contributed by atoms with van der Waals surface area (Å²) in [7, 11) is 0.